The minimum absolute atomic E-state index is 0.305. The van der Waals surface area contributed by atoms with Crippen molar-refractivity contribution in [3.8, 4) is 33.6 Å². The second kappa shape index (κ2) is 12.4. The molecular formula is C40H29N3Si. The van der Waals surface area contributed by atoms with E-state index in [1.54, 1.807) is 12.7 Å². The molecule has 1 aromatic heterocycles. The molecule has 0 saturated heterocycles. The van der Waals surface area contributed by atoms with Gasteiger partial charge in [-0.25, -0.2) is 15.0 Å². The van der Waals surface area contributed by atoms with Crippen molar-refractivity contribution in [1.82, 2.24) is 15.0 Å². The Morgan fingerprint density at radius 3 is 1.34 bits per heavy atom. The second-order valence-corrected chi connectivity index (χ2v) is 12.2. The molecule has 0 saturated carbocycles. The highest BCUT2D eigenvalue weighted by molar-refractivity contribution is 6.61. The van der Waals surface area contributed by atoms with E-state index in [1.165, 1.54) is 27.4 Å². The first kappa shape index (κ1) is 27.4. The first-order valence-electron chi connectivity index (χ1n) is 14.7. The van der Waals surface area contributed by atoms with Gasteiger partial charge in [-0.3, -0.25) is 0 Å². The molecule has 44 heavy (non-hydrogen) atoms. The van der Waals surface area contributed by atoms with Crippen molar-refractivity contribution < 1.29 is 0 Å². The highest BCUT2D eigenvalue weighted by Crippen LogP contribution is 2.40. The van der Waals surface area contributed by atoms with Gasteiger partial charge in [-0.05, 0) is 45.0 Å². The predicted octanol–water partition coefficient (Wildman–Crippen LogP) is 8.19. The van der Waals surface area contributed by atoms with Crippen LogP contribution in [-0.4, -0.2) is 24.5 Å². The lowest BCUT2D eigenvalue weighted by molar-refractivity contribution is 0.869. The van der Waals surface area contributed by atoms with E-state index in [9.17, 15) is 0 Å². The number of aromatic nitrogens is 3. The Labute approximate surface area is 260 Å². The van der Waals surface area contributed by atoms with Gasteiger partial charge in [-0.2, -0.15) is 0 Å². The van der Waals surface area contributed by atoms with Crippen LogP contribution in [0.4, 0.5) is 0 Å². The monoisotopic (exact) mass is 579 g/mol. The summed E-state index contributed by atoms with van der Waals surface area (Å²) in [5.74, 6) is 0.670. The molecule has 0 amide bonds. The quantitative estimate of drug-likeness (QED) is 0.135. The van der Waals surface area contributed by atoms with Crippen LogP contribution in [0.25, 0.3) is 33.6 Å². The molecule has 0 spiro atoms. The van der Waals surface area contributed by atoms with Crippen LogP contribution in [0.1, 0.15) is 16.7 Å². The van der Waals surface area contributed by atoms with Crippen LogP contribution >= 0.6 is 0 Å². The van der Waals surface area contributed by atoms with E-state index in [0.29, 0.717) is 15.3 Å². The fourth-order valence-electron chi connectivity index (χ4n) is 5.98. The van der Waals surface area contributed by atoms with E-state index in [4.69, 9.17) is 9.97 Å². The Morgan fingerprint density at radius 2 is 0.864 bits per heavy atom. The van der Waals surface area contributed by atoms with Crippen molar-refractivity contribution >= 4 is 14.7 Å². The average Bonchev–Trinajstić information content (AvgIpc) is 3.12. The molecule has 6 aromatic carbocycles. The largest absolute Gasteiger partial charge is 0.225 e. The van der Waals surface area contributed by atoms with E-state index in [0.717, 1.165) is 22.3 Å². The van der Waals surface area contributed by atoms with Crippen molar-refractivity contribution in [2.45, 2.75) is 5.04 Å². The van der Waals surface area contributed by atoms with Gasteiger partial charge in [0.25, 0.3) is 0 Å². The summed E-state index contributed by atoms with van der Waals surface area (Å²) in [6.45, 7) is 0. The molecule has 0 N–H and O–H groups in total. The number of hydrogen-bond donors (Lipinski definition) is 0. The topological polar surface area (TPSA) is 38.7 Å². The molecule has 7 aromatic rings. The molecule has 0 unspecified atom stereocenters. The van der Waals surface area contributed by atoms with E-state index < -0.39 is 5.04 Å². The Morgan fingerprint density at radius 1 is 0.432 bits per heavy atom. The molecule has 3 nitrogen and oxygen atoms in total. The zero-order valence-electron chi connectivity index (χ0n) is 24.1. The third-order valence-corrected chi connectivity index (χ3v) is 9.89. The number of benzene rings is 6. The van der Waals surface area contributed by atoms with Crippen molar-refractivity contribution in [3.05, 3.63) is 193 Å². The van der Waals surface area contributed by atoms with Gasteiger partial charge in [-0.1, -0.05) is 163 Å². The Bertz CT molecular complexity index is 1850. The molecule has 0 atom stereocenters. The third-order valence-electron chi connectivity index (χ3n) is 7.99. The molecule has 4 heteroatoms. The van der Waals surface area contributed by atoms with Crippen LogP contribution in [0.2, 0.25) is 0 Å². The lowest BCUT2D eigenvalue weighted by Crippen LogP contribution is -2.43. The van der Waals surface area contributed by atoms with Crippen molar-refractivity contribution in [1.29, 1.82) is 0 Å². The van der Waals surface area contributed by atoms with Crippen LogP contribution < -0.4 is 5.19 Å². The van der Waals surface area contributed by atoms with Gasteiger partial charge in [-0.15, -0.1) is 0 Å². The minimum atomic E-state index is -0.463. The third kappa shape index (κ3) is 5.28. The second-order valence-electron chi connectivity index (χ2n) is 10.6. The van der Waals surface area contributed by atoms with Crippen LogP contribution in [-0.2, 0) is 5.04 Å². The molecule has 7 rings (SSSR count). The number of rotatable bonds is 8. The van der Waals surface area contributed by atoms with Gasteiger partial charge in [0.1, 0.15) is 22.2 Å². The summed E-state index contributed by atoms with van der Waals surface area (Å²) in [6, 6.07) is 58.5. The number of nitrogens with zero attached hydrogens (tertiary/aromatic N) is 3. The first-order chi connectivity index (χ1) is 21.8. The van der Waals surface area contributed by atoms with Crippen LogP contribution in [0, 0.1) is 0 Å². The maximum Gasteiger partial charge on any atom is 0.163 e. The normalized spacial score (nSPS) is 11.3. The molecule has 0 bridgehead atoms. The van der Waals surface area contributed by atoms with Crippen LogP contribution in [0.5, 0.6) is 0 Å². The fraction of sp³-hybridized carbons (Fsp3) is 0.0250. The zero-order chi connectivity index (χ0) is 29.6. The molecule has 2 radical (unpaired) electrons. The lowest BCUT2D eigenvalue weighted by Gasteiger charge is -2.36. The SMILES string of the molecule is c1ccc(-c2cc([Si]C(c3ccccc3)(c3ccccc3)c3ccccc3)c(-c3ncncn3)c(-c3ccccc3)c2)cc1. The summed E-state index contributed by atoms with van der Waals surface area (Å²) in [6.07, 6.45) is 3.18. The molecule has 0 fully saturated rings. The van der Waals surface area contributed by atoms with Crippen molar-refractivity contribution in [3.63, 3.8) is 0 Å². The molecule has 0 aliphatic heterocycles. The average molecular weight is 580 g/mol. The van der Waals surface area contributed by atoms with Crippen molar-refractivity contribution in [2.75, 3.05) is 0 Å². The predicted molar refractivity (Wildman–Crippen MR) is 181 cm³/mol. The summed E-state index contributed by atoms with van der Waals surface area (Å²) in [5, 5.41) is 0.724. The number of hydrogen-bond acceptors (Lipinski definition) is 3. The maximum atomic E-state index is 4.73. The van der Waals surface area contributed by atoms with E-state index >= 15 is 0 Å². The highest BCUT2D eigenvalue weighted by atomic mass is 28.2. The van der Waals surface area contributed by atoms with Gasteiger partial charge in [0.15, 0.2) is 5.82 Å². The summed E-state index contributed by atoms with van der Waals surface area (Å²) < 4.78 is 0. The standard InChI is InChI=1S/C40H29N3Si/c1-6-16-30(17-7-1)32-26-36(31-18-8-2-9-19-31)38(39-42-28-41-29-43-39)37(27-32)44-40(33-20-10-3-11-21-33,34-22-12-4-13-23-34)35-24-14-5-15-25-35/h1-29H. The van der Waals surface area contributed by atoms with Gasteiger partial charge >= 0.3 is 0 Å². The Balaban J connectivity index is 1.59. The first-order valence-corrected chi connectivity index (χ1v) is 15.7. The van der Waals surface area contributed by atoms with Crippen LogP contribution in [0.3, 0.4) is 0 Å². The van der Waals surface area contributed by atoms with E-state index in [1.807, 2.05) is 0 Å². The molecule has 208 valence electrons. The van der Waals surface area contributed by atoms with Gasteiger partial charge < -0.3 is 0 Å². The highest BCUT2D eigenvalue weighted by Gasteiger charge is 2.38. The zero-order valence-corrected chi connectivity index (χ0v) is 25.1. The lowest BCUT2D eigenvalue weighted by atomic mass is 9.84. The molecule has 1 heterocycles. The Hall–Kier alpha value is -5.45. The summed E-state index contributed by atoms with van der Waals surface area (Å²) in [5.41, 5.74) is 9.30. The smallest absolute Gasteiger partial charge is 0.163 e. The van der Waals surface area contributed by atoms with Gasteiger partial charge in [0.2, 0.25) is 0 Å². The Kier molecular flexibility index (Phi) is 7.73. The maximum absolute atomic E-state index is 4.73. The summed E-state index contributed by atoms with van der Waals surface area (Å²) in [4.78, 5) is 13.6. The molecule has 0 aliphatic rings. The van der Waals surface area contributed by atoms with E-state index in [2.05, 4.69) is 169 Å². The molecule has 0 aliphatic carbocycles. The fourth-order valence-corrected chi connectivity index (χ4v) is 7.91. The van der Waals surface area contributed by atoms with Gasteiger partial charge in [0, 0.05) is 10.6 Å². The van der Waals surface area contributed by atoms with Gasteiger partial charge in [0.05, 0.1) is 0 Å². The summed E-state index contributed by atoms with van der Waals surface area (Å²) in [7, 11) is 0.305. The molecular weight excluding hydrogens is 551 g/mol. The summed E-state index contributed by atoms with van der Waals surface area (Å²) >= 11 is 0. The van der Waals surface area contributed by atoms with E-state index in [-0.39, 0.29) is 0 Å². The van der Waals surface area contributed by atoms with Crippen LogP contribution in [0.15, 0.2) is 176 Å². The van der Waals surface area contributed by atoms with Crippen molar-refractivity contribution in [2.24, 2.45) is 0 Å². The minimum Gasteiger partial charge on any atom is -0.225 e.